The van der Waals surface area contributed by atoms with E-state index in [-0.39, 0.29) is 0 Å². The van der Waals surface area contributed by atoms with Gasteiger partial charge in [0.05, 0.1) is 0 Å². The molecule has 0 amide bonds. The standard InChI is InChI=1S/C26H38N2O3S/c1-3-5-7-19-28(20-8-6-4-2)26-14-12-24(13-15-26)10-11-25-16-21-27(22-17-25)18-9-23-32-31-30-29/h10-17,21-22H,3-9,18-20,23H2,1-2H3/p+1. The number of aromatic nitrogens is 1. The van der Waals surface area contributed by atoms with Gasteiger partial charge in [0.1, 0.15) is 6.54 Å². The van der Waals surface area contributed by atoms with Gasteiger partial charge >= 0.3 is 0 Å². The first-order valence-electron chi connectivity index (χ1n) is 11.9. The van der Waals surface area contributed by atoms with Crippen molar-refractivity contribution in [3.05, 3.63) is 59.9 Å². The highest BCUT2D eigenvalue weighted by Gasteiger charge is 2.06. The Bertz CT molecular complexity index is 741. The lowest BCUT2D eigenvalue weighted by atomic mass is 10.1. The Hall–Kier alpha value is -1.86. The minimum atomic E-state index is 0.750. The van der Waals surface area contributed by atoms with Crippen LogP contribution in [0.25, 0.3) is 12.2 Å². The molecular weight excluding hydrogens is 420 g/mol. The van der Waals surface area contributed by atoms with E-state index in [9.17, 15) is 0 Å². The summed E-state index contributed by atoms with van der Waals surface area (Å²) >= 11 is 1.09. The van der Waals surface area contributed by atoms with Crippen molar-refractivity contribution >= 4 is 29.9 Å². The zero-order valence-electron chi connectivity index (χ0n) is 19.6. The molecule has 6 heteroatoms. The molecule has 2 aromatic rings. The molecule has 0 aliphatic heterocycles. The monoisotopic (exact) mass is 459 g/mol. The minimum absolute atomic E-state index is 0.750. The second kappa shape index (κ2) is 16.7. The fraction of sp³-hybridized carbons (Fsp3) is 0.500. The molecule has 0 aliphatic carbocycles. The number of hydrogen-bond acceptors (Lipinski definition) is 5. The van der Waals surface area contributed by atoms with Crippen LogP contribution in [0.3, 0.4) is 0 Å². The Morgan fingerprint density at radius 2 is 1.44 bits per heavy atom. The lowest BCUT2D eigenvalue weighted by molar-refractivity contribution is -0.696. The third-order valence-corrected chi connectivity index (χ3v) is 6.04. The fourth-order valence-electron chi connectivity index (χ4n) is 3.55. The van der Waals surface area contributed by atoms with E-state index in [2.05, 4.69) is 93.6 Å². The van der Waals surface area contributed by atoms with Gasteiger partial charge in [-0.15, -0.1) is 4.33 Å². The predicted molar refractivity (Wildman–Crippen MR) is 135 cm³/mol. The van der Waals surface area contributed by atoms with Crippen LogP contribution in [-0.2, 0) is 15.9 Å². The van der Waals surface area contributed by atoms with E-state index >= 15 is 0 Å². The summed E-state index contributed by atoms with van der Waals surface area (Å²) in [5, 5.41) is 11.7. The van der Waals surface area contributed by atoms with Gasteiger partial charge in [0.25, 0.3) is 0 Å². The van der Waals surface area contributed by atoms with E-state index in [4.69, 9.17) is 5.26 Å². The van der Waals surface area contributed by atoms with Crippen molar-refractivity contribution < 1.29 is 19.2 Å². The molecule has 2 rings (SSSR count). The third kappa shape index (κ3) is 10.6. The topological polar surface area (TPSA) is 45.8 Å². The molecule has 0 saturated heterocycles. The van der Waals surface area contributed by atoms with Crippen LogP contribution in [0.15, 0.2) is 48.8 Å². The number of rotatable bonds is 17. The molecule has 176 valence electrons. The van der Waals surface area contributed by atoms with Crippen LogP contribution in [0, 0.1) is 0 Å². The molecule has 32 heavy (non-hydrogen) atoms. The van der Waals surface area contributed by atoms with Crippen LogP contribution < -0.4 is 9.47 Å². The number of nitrogens with zero attached hydrogens (tertiary/aromatic N) is 2. The molecule has 1 aromatic heterocycles. The van der Waals surface area contributed by atoms with Crippen LogP contribution in [0.4, 0.5) is 5.69 Å². The van der Waals surface area contributed by atoms with Gasteiger partial charge in [-0.1, -0.05) is 68.9 Å². The molecule has 5 nitrogen and oxygen atoms in total. The number of pyridine rings is 1. The number of hydrogen-bond donors (Lipinski definition) is 1. The summed E-state index contributed by atoms with van der Waals surface area (Å²) in [7, 11) is 0. The molecule has 1 aromatic carbocycles. The smallest absolute Gasteiger partial charge is 0.169 e. The van der Waals surface area contributed by atoms with Crippen molar-refractivity contribution in [2.24, 2.45) is 0 Å². The second-order valence-corrected chi connectivity index (χ2v) is 8.79. The molecule has 1 heterocycles. The van der Waals surface area contributed by atoms with E-state index in [1.54, 1.807) is 0 Å². The summed E-state index contributed by atoms with van der Waals surface area (Å²) in [5.41, 5.74) is 3.73. The van der Waals surface area contributed by atoms with Crippen LogP contribution in [0.1, 0.15) is 69.9 Å². The maximum absolute atomic E-state index is 8.11. The predicted octanol–water partition coefficient (Wildman–Crippen LogP) is 6.79. The van der Waals surface area contributed by atoms with Gasteiger partial charge in [0, 0.05) is 55.1 Å². The highest BCUT2D eigenvalue weighted by atomic mass is 32.2. The quantitative estimate of drug-likeness (QED) is 0.0927. The molecule has 0 atom stereocenters. The zero-order chi connectivity index (χ0) is 22.9. The van der Waals surface area contributed by atoms with Gasteiger partial charge in [-0.2, -0.15) is 0 Å². The molecule has 0 fully saturated rings. The van der Waals surface area contributed by atoms with E-state index in [0.29, 0.717) is 0 Å². The summed E-state index contributed by atoms with van der Waals surface area (Å²) in [6, 6.07) is 13.2. The van der Waals surface area contributed by atoms with Gasteiger partial charge in [-0.05, 0) is 36.1 Å². The average molecular weight is 460 g/mol. The van der Waals surface area contributed by atoms with E-state index in [0.717, 1.165) is 43.9 Å². The Balaban J connectivity index is 1.88. The summed E-state index contributed by atoms with van der Waals surface area (Å²) in [5.74, 6) is 0.750. The van der Waals surface area contributed by atoms with Gasteiger partial charge < -0.3 is 4.90 Å². The Labute approximate surface area is 198 Å². The molecule has 0 unspecified atom stereocenters. The zero-order valence-corrected chi connectivity index (χ0v) is 20.4. The molecule has 0 saturated carbocycles. The van der Waals surface area contributed by atoms with Gasteiger partial charge in [0.15, 0.2) is 12.4 Å². The van der Waals surface area contributed by atoms with Gasteiger partial charge in [0.2, 0.25) is 0 Å². The Morgan fingerprint density at radius 1 is 0.844 bits per heavy atom. The first-order chi connectivity index (χ1) is 15.8. The third-order valence-electron chi connectivity index (χ3n) is 5.43. The Morgan fingerprint density at radius 3 is 2.00 bits per heavy atom. The highest BCUT2D eigenvalue weighted by molar-refractivity contribution is 7.94. The number of benzene rings is 1. The van der Waals surface area contributed by atoms with Crippen LogP contribution >= 0.6 is 12.0 Å². The van der Waals surface area contributed by atoms with Gasteiger partial charge in [-0.3, -0.25) is 0 Å². The molecule has 0 radical (unpaired) electrons. The largest absolute Gasteiger partial charge is 0.372 e. The number of aryl methyl sites for hydroxylation is 1. The van der Waals surface area contributed by atoms with Crippen LogP contribution in [0.5, 0.6) is 0 Å². The van der Waals surface area contributed by atoms with Crippen LogP contribution in [-0.4, -0.2) is 24.1 Å². The van der Waals surface area contributed by atoms with E-state index in [1.165, 1.54) is 55.3 Å². The maximum Gasteiger partial charge on any atom is 0.169 e. The molecule has 0 aliphatic rings. The van der Waals surface area contributed by atoms with Crippen molar-refractivity contribution in [2.75, 3.05) is 23.7 Å². The van der Waals surface area contributed by atoms with E-state index in [1.807, 2.05) is 0 Å². The summed E-state index contributed by atoms with van der Waals surface area (Å²) in [4.78, 5) is 2.55. The minimum Gasteiger partial charge on any atom is -0.372 e. The highest BCUT2D eigenvalue weighted by Crippen LogP contribution is 2.19. The van der Waals surface area contributed by atoms with E-state index < -0.39 is 0 Å². The van der Waals surface area contributed by atoms with Crippen molar-refractivity contribution in [2.45, 2.75) is 65.3 Å². The Kier molecular flexibility index (Phi) is 13.8. The lowest BCUT2D eigenvalue weighted by Crippen LogP contribution is -2.32. The summed E-state index contributed by atoms with van der Waals surface area (Å²) in [6.07, 6.45) is 17.1. The molecule has 0 bridgehead atoms. The van der Waals surface area contributed by atoms with Crippen molar-refractivity contribution in [1.29, 1.82) is 0 Å². The SMILES string of the molecule is CCCCCN(CCCCC)c1ccc(C=Cc2cc[n+](CCCSOOO)cc2)cc1. The van der Waals surface area contributed by atoms with Gasteiger partial charge in [-0.25, -0.2) is 9.82 Å². The molecular formula is C26H39N2O3S+. The first-order valence-corrected chi connectivity index (χ1v) is 12.8. The van der Waals surface area contributed by atoms with Crippen LogP contribution in [0.2, 0.25) is 0 Å². The number of unbranched alkanes of at least 4 members (excludes halogenated alkanes) is 4. The molecule has 1 N–H and O–H groups in total. The average Bonchev–Trinajstić information content (AvgIpc) is 2.83. The second-order valence-electron chi connectivity index (χ2n) is 8.01. The first kappa shape index (κ1) is 26.4. The number of anilines is 1. The summed E-state index contributed by atoms with van der Waals surface area (Å²) in [6.45, 7) is 7.72. The van der Waals surface area contributed by atoms with Crippen molar-refractivity contribution in [1.82, 2.24) is 0 Å². The lowest BCUT2D eigenvalue weighted by Gasteiger charge is -2.25. The van der Waals surface area contributed by atoms with Crippen molar-refractivity contribution in [3.8, 4) is 0 Å². The molecule has 0 spiro atoms. The summed E-state index contributed by atoms with van der Waals surface area (Å²) < 4.78 is 6.52. The van der Waals surface area contributed by atoms with Crippen molar-refractivity contribution in [3.63, 3.8) is 0 Å². The maximum atomic E-state index is 8.11. The normalized spacial score (nSPS) is 11.3. The fourth-order valence-corrected chi connectivity index (χ4v) is 3.91.